The van der Waals surface area contributed by atoms with Crippen LogP contribution in [-0.2, 0) is 0 Å². The van der Waals surface area contributed by atoms with Gasteiger partial charge in [0.05, 0.1) is 5.69 Å². The first-order valence-electron chi connectivity index (χ1n) is 4.93. The van der Waals surface area contributed by atoms with Crippen LogP contribution in [0.4, 0.5) is 5.69 Å². The number of aliphatic imine (C=N–C) groups is 1. The van der Waals surface area contributed by atoms with Crippen LogP contribution in [-0.4, -0.2) is 12.0 Å². The number of carbonyl (C=O) groups excluding carboxylic acids is 1. The lowest BCUT2D eigenvalue weighted by Gasteiger charge is -2.09. The molecule has 2 aromatic carbocycles. The number of carbonyl (C=O) groups is 1. The molecule has 3 rings (SSSR count). The van der Waals surface area contributed by atoms with Crippen molar-refractivity contribution in [3.05, 3.63) is 42.0 Å². The lowest BCUT2D eigenvalue weighted by atomic mass is 9.99. The normalized spacial score (nSPS) is 14.3. The Hall–Kier alpha value is -1.96. The maximum absolute atomic E-state index is 11.6. The molecular weight excluding hydrogens is 186 g/mol. The summed E-state index contributed by atoms with van der Waals surface area (Å²) in [4.78, 5) is 15.9. The minimum Gasteiger partial charge on any atom is -0.294 e. The van der Waals surface area contributed by atoms with Gasteiger partial charge in [-0.1, -0.05) is 24.3 Å². The summed E-state index contributed by atoms with van der Waals surface area (Å²) in [5, 5.41) is 2.23. The van der Waals surface area contributed by atoms with E-state index in [0.717, 1.165) is 22.0 Å². The summed E-state index contributed by atoms with van der Waals surface area (Å²) in [5.74, 6) is 0.158. The van der Waals surface area contributed by atoms with Gasteiger partial charge < -0.3 is 0 Å². The Labute approximate surface area is 87.3 Å². The summed E-state index contributed by atoms with van der Waals surface area (Å²) in [6.45, 7) is 0. The van der Waals surface area contributed by atoms with Crippen LogP contribution >= 0.6 is 0 Å². The molecule has 1 aliphatic rings. The molecule has 15 heavy (non-hydrogen) atoms. The molecule has 0 N–H and O–H groups in total. The molecule has 2 aromatic rings. The fraction of sp³-hybridized carbons (Fsp3) is 0.0769. The summed E-state index contributed by atoms with van der Waals surface area (Å²) in [6, 6.07) is 11.9. The zero-order valence-corrected chi connectivity index (χ0v) is 8.10. The van der Waals surface area contributed by atoms with Gasteiger partial charge in [0.1, 0.15) is 0 Å². The number of fused-ring (bicyclic) bond motifs is 2. The van der Waals surface area contributed by atoms with Crippen molar-refractivity contribution in [2.24, 2.45) is 4.99 Å². The van der Waals surface area contributed by atoms with E-state index < -0.39 is 0 Å². The molecule has 0 atom stereocenters. The number of Topliss-reactive ketones (excluding diaryl/α,β-unsaturated/α-hetero) is 1. The summed E-state index contributed by atoms with van der Waals surface area (Å²) in [5.41, 5.74) is 1.54. The van der Waals surface area contributed by atoms with Crippen LogP contribution in [0.15, 0.2) is 41.4 Å². The fourth-order valence-corrected chi connectivity index (χ4v) is 1.90. The van der Waals surface area contributed by atoms with E-state index in [2.05, 4.69) is 4.99 Å². The van der Waals surface area contributed by atoms with E-state index in [1.807, 2.05) is 36.4 Å². The van der Waals surface area contributed by atoms with Crippen LogP contribution < -0.4 is 0 Å². The number of rotatable bonds is 0. The predicted octanol–water partition coefficient (Wildman–Crippen LogP) is 3.13. The third kappa shape index (κ3) is 1.26. The molecular formula is C13H9NO. The standard InChI is InChI=1S/C13H9NO/c15-13-5-6-14-12-8-10-4-2-1-3-9(10)7-11(12)13/h1-4,6-8H,5H2. The highest BCUT2D eigenvalue weighted by Gasteiger charge is 2.14. The van der Waals surface area contributed by atoms with E-state index in [-0.39, 0.29) is 5.78 Å². The van der Waals surface area contributed by atoms with Crippen LogP contribution in [0.2, 0.25) is 0 Å². The van der Waals surface area contributed by atoms with Crippen LogP contribution in [0.1, 0.15) is 16.8 Å². The topological polar surface area (TPSA) is 29.4 Å². The van der Waals surface area contributed by atoms with Gasteiger partial charge in [0.2, 0.25) is 0 Å². The number of hydrogen-bond acceptors (Lipinski definition) is 2. The van der Waals surface area contributed by atoms with E-state index in [9.17, 15) is 4.79 Å². The maximum atomic E-state index is 11.6. The number of hydrogen-bond donors (Lipinski definition) is 0. The second kappa shape index (κ2) is 3.02. The third-order valence-electron chi connectivity index (χ3n) is 2.67. The smallest absolute Gasteiger partial charge is 0.170 e. The van der Waals surface area contributed by atoms with Crippen molar-refractivity contribution >= 4 is 28.5 Å². The van der Waals surface area contributed by atoms with Gasteiger partial charge >= 0.3 is 0 Å². The molecule has 0 unspecified atom stereocenters. The number of benzene rings is 2. The Balaban J connectivity index is 2.38. The first-order valence-corrected chi connectivity index (χ1v) is 4.93. The van der Waals surface area contributed by atoms with Gasteiger partial charge in [0.25, 0.3) is 0 Å². The van der Waals surface area contributed by atoms with Crippen molar-refractivity contribution in [2.45, 2.75) is 6.42 Å². The molecule has 1 heterocycles. The quantitative estimate of drug-likeness (QED) is 0.635. The fourth-order valence-electron chi connectivity index (χ4n) is 1.90. The van der Waals surface area contributed by atoms with Gasteiger partial charge in [-0.2, -0.15) is 0 Å². The van der Waals surface area contributed by atoms with Crippen molar-refractivity contribution in [2.75, 3.05) is 0 Å². The van der Waals surface area contributed by atoms with Crippen molar-refractivity contribution in [3.63, 3.8) is 0 Å². The molecule has 0 aliphatic carbocycles. The molecule has 0 saturated heterocycles. The largest absolute Gasteiger partial charge is 0.294 e. The molecule has 72 valence electrons. The van der Waals surface area contributed by atoms with Crippen molar-refractivity contribution in [3.8, 4) is 0 Å². The predicted molar refractivity (Wildman–Crippen MR) is 61.0 cm³/mol. The van der Waals surface area contributed by atoms with E-state index in [4.69, 9.17) is 0 Å². The Kier molecular flexibility index (Phi) is 1.68. The van der Waals surface area contributed by atoms with Crippen molar-refractivity contribution in [1.29, 1.82) is 0 Å². The molecule has 0 amide bonds. The van der Waals surface area contributed by atoms with E-state index in [1.165, 1.54) is 0 Å². The minimum atomic E-state index is 0.158. The molecule has 2 heteroatoms. The van der Waals surface area contributed by atoms with E-state index in [1.54, 1.807) is 6.21 Å². The minimum absolute atomic E-state index is 0.158. The molecule has 0 spiro atoms. The molecule has 2 nitrogen and oxygen atoms in total. The molecule has 1 aliphatic heterocycles. The van der Waals surface area contributed by atoms with Gasteiger partial charge in [0, 0.05) is 18.2 Å². The molecule has 0 aromatic heterocycles. The van der Waals surface area contributed by atoms with E-state index >= 15 is 0 Å². The van der Waals surface area contributed by atoms with Crippen LogP contribution in [0.3, 0.4) is 0 Å². The SMILES string of the molecule is O=C1CC=Nc2cc3ccccc3cc21. The summed E-state index contributed by atoms with van der Waals surface area (Å²) in [6.07, 6.45) is 2.10. The zero-order chi connectivity index (χ0) is 10.3. The zero-order valence-electron chi connectivity index (χ0n) is 8.10. The Morgan fingerprint density at radius 2 is 1.80 bits per heavy atom. The van der Waals surface area contributed by atoms with E-state index in [0.29, 0.717) is 6.42 Å². The van der Waals surface area contributed by atoms with Crippen LogP contribution in [0.5, 0.6) is 0 Å². The molecule has 0 fully saturated rings. The monoisotopic (exact) mass is 195 g/mol. The molecule has 0 radical (unpaired) electrons. The van der Waals surface area contributed by atoms with Gasteiger partial charge in [-0.15, -0.1) is 0 Å². The lowest BCUT2D eigenvalue weighted by Crippen LogP contribution is -2.04. The van der Waals surface area contributed by atoms with Gasteiger partial charge in [-0.25, -0.2) is 0 Å². The first-order chi connectivity index (χ1) is 7.34. The van der Waals surface area contributed by atoms with Crippen LogP contribution in [0, 0.1) is 0 Å². The summed E-state index contributed by atoms with van der Waals surface area (Å²) in [7, 11) is 0. The molecule has 0 saturated carbocycles. The Morgan fingerprint density at radius 1 is 1.07 bits per heavy atom. The average molecular weight is 195 g/mol. The Bertz CT molecular complexity index is 584. The van der Waals surface area contributed by atoms with Crippen molar-refractivity contribution < 1.29 is 4.79 Å². The number of ketones is 1. The lowest BCUT2D eigenvalue weighted by molar-refractivity contribution is 0.100. The second-order valence-corrected chi connectivity index (χ2v) is 3.66. The highest BCUT2D eigenvalue weighted by Crippen LogP contribution is 2.29. The maximum Gasteiger partial charge on any atom is 0.170 e. The summed E-state index contributed by atoms with van der Waals surface area (Å²) >= 11 is 0. The summed E-state index contributed by atoms with van der Waals surface area (Å²) < 4.78 is 0. The van der Waals surface area contributed by atoms with Crippen LogP contribution in [0.25, 0.3) is 10.8 Å². The van der Waals surface area contributed by atoms with Gasteiger partial charge in [-0.05, 0) is 22.9 Å². The second-order valence-electron chi connectivity index (χ2n) is 3.66. The highest BCUT2D eigenvalue weighted by molar-refractivity contribution is 6.12. The van der Waals surface area contributed by atoms with Gasteiger partial charge in [-0.3, -0.25) is 9.79 Å². The first kappa shape index (κ1) is 8.36. The Morgan fingerprint density at radius 3 is 2.60 bits per heavy atom. The molecule has 0 bridgehead atoms. The third-order valence-corrected chi connectivity index (χ3v) is 2.67. The highest BCUT2D eigenvalue weighted by atomic mass is 16.1. The average Bonchev–Trinajstić information content (AvgIpc) is 2.27. The van der Waals surface area contributed by atoms with Gasteiger partial charge in [0.15, 0.2) is 5.78 Å². The van der Waals surface area contributed by atoms with Crippen molar-refractivity contribution in [1.82, 2.24) is 0 Å². The number of nitrogens with zero attached hydrogens (tertiary/aromatic N) is 1.